The summed E-state index contributed by atoms with van der Waals surface area (Å²) in [6.45, 7) is 4.99. The molecule has 0 rings (SSSR count). The van der Waals surface area contributed by atoms with Crippen molar-refractivity contribution in [3.63, 3.8) is 0 Å². The van der Waals surface area contributed by atoms with E-state index in [4.69, 9.17) is 10.5 Å². The van der Waals surface area contributed by atoms with Crippen molar-refractivity contribution in [2.75, 3.05) is 13.7 Å². The molecule has 0 radical (unpaired) electrons. The maximum Gasteiger partial charge on any atom is 0.0642 e. The van der Waals surface area contributed by atoms with Crippen LogP contribution in [0.1, 0.15) is 39.5 Å². The van der Waals surface area contributed by atoms with Crippen LogP contribution in [0.15, 0.2) is 0 Å². The van der Waals surface area contributed by atoms with Gasteiger partial charge >= 0.3 is 0 Å². The van der Waals surface area contributed by atoms with Gasteiger partial charge in [0.05, 0.1) is 6.61 Å². The van der Waals surface area contributed by atoms with Crippen LogP contribution in [0.25, 0.3) is 0 Å². The van der Waals surface area contributed by atoms with Crippen LogP contribution in [0.5, 0.6) is 0 Å². The van der Waals surface area contributed by atoms with Gasteiger partial charge in [-0.2, -0.15) is 0 Å². The first-order chi connectivity index (χ1) is 5.18. The zero-order valence-corrected chi connectivity index (χ0v) is 8.02. The highest BCUT2D eigenvalue weighted by molar-refractivity contribution is 4.81. The van der Waals surface area contributed by atoms with E-state index in [2.05, 4.69) is 13.8 Å². The van der Waals surface area contributed by atoms with Crippen LogP contribution in [0.4, 0.5) is 0 Å². The van der Waals surface area contributed by atoms with Crippen molar-refractivity contribution in [3.8, 4) is 0 Å². The Morgan fingerprint density at radius 1 is 1.36 bits per heavy atom. The van der Waals surface area contributed by atoms with Gasteiger partial charge in [0.2, 0.25) is 0 Å². The van der Waals surface area contributed by atoms with E-state index in [1.165, 1.54) is 12.8 Å². The molecule has 2 N–H and O–H groups in total. The van der Waals surface area contributed by atoms with E-state index in [0.717, 1.165) is 12.8 Å². The van der Waals surface area contributed by atoms with Crippen molar-refractivity contribution >= 4 is 0 Å². The Morgan fingerprint density at radius 2 is 2.00 bits per heavy atom. The quantitative estimate of drug-likeness (QED) is 0.642. The molecule has 0 aliphatic rings. The first kappa shape index (κ1) is 10.9. The van der Waals surface area contributed by atoms with Crippen LogP contribution in [-0.4, -0.2) is 19.3 Å². The van der Waals surface area contributed by atoms with Crippen LogP contribution in [0.2, 0.25) is 0 Å². The number of hydrogen-bond acceptors (Lipinski definition) is 2. The second-order valence-corrected chi connectivity index (χ2v) is 3.25. The van der Waals surface area contributed by atoms with E-state index in [1.807, 2.05) is 0 Å². The molecule has 68 valence electrons. The summed E-state index contributed by atoms with van der Waals surface area (Å²) in [6.07, 6.45) is 4.49. The minimum Gasteiger partial charge on any atom is -0.383 e. The zero-order chi connectivity index (χ0) is 8.74. The van der Waals surface area contributed by atoms with Gasteiger partial charge in [-0.3, -0.25) is 0 Å². The SMILES string of the molecule is CCCCC(N)(CC)COC. The van der Waals surface area contributed by atoms with E-state index in [-0.39, 0.29) is 5.54 Å². The first-order valence-corrected chi connectivity index (χ1v) is 4.46. The maximum absolute atomic E-state index is 6.07. The second-order valence-electron chi connectivity index (χ2n) is 3.25. The monoisotopic (exact) mass is 159 g/mol. The average molecular weight is 159 g/mol. The molecule has 1 unspecified atom stereocenters. The van der Waals surface area contributed by atoms with Gasteiger partial charge in [0.1, 0.15) is 0 Å². The molecule has 0 aromatic heterocycles. The van der Waals surface area contributed by atoms with E-state index >= 15 is 0 Å². The normalized spacial score (nSPS) is 16.4. The van der Waals surface area contributed by atoms with Crippen molar-refractivity contribution in [2.45, 2.75) is 45.1 Å². The van der Waals surface area contributed by atoms with Crippen LogP contribution in [0.3, 0.4) is 0 Å². The fraction of sp³-hybridized carbons (Fsp3) is 1.00. The zero-order valence-electron chi connectivity index (χ0n) is 8.02. The number of unbranched alkanes of at least 4 members (excludes halogenated alkanes) is 1. The lowest BCUT2D eigenvalue weighted by Crippen LogP contribution is -2.43. The number of nitrogens with two attached hydrogens (primary N) is 1. The van der Waals surface area contributed by atoms with Gasteiger partial charge in [0.15, 0.2) is 0 Å². The molecule has 0 saturated heterocycles. The molecule has 0 spiro atoms. The third kappa shape index (κ3) is 4.38. The van der Waals surface area contributed by atoms with Crippen molar-refractivity contribution in [1.82, 2.24) is 0 Å². The number of hydrogen-bond donors (Lipinski definition) is 1. The molecule has 2 heteroatoms. The molecule has 0 aromatic rings. The van der Waals surface area contributed by atoms with Crippen LogP contribution in [-0.2, 0) is 4.74 Å². The first-order valence-electron chi connectivity index (χ1n) is 4.46. The second kappa shape index (κ2) is 5.56. The van der Waals surface area contributed by atoms with E-state index in [1.54, 1.807) is 7.11 Å². The molecule has 0 amide bonds. The maximum atomic E-state index is 6.07. The van der Waals surface area contributed by atoms with Gasteiger partial charge in [0.25, 0.3) is 0 Å². The third-order valence-electron chi connectivity index (χ3n) is 2.16. The average Bonchev–Trinajstić information content (AvgIpc) is 2.02. The largest absolute Gasteiger partial charge is 0.383 e. The Balaban J connectivity index is 3.68. The molecule has 0 heterocycles. The van der Waals surface area contributed by atoms with Crippen LogP contribution < -0.4 is 5.73 Å². The van der Waals surface area contributed by atoms with Gasteiger partial charge in [-0.1, -0.05) is 26.7 Å². The standard InChI is InChI=1S/C9H21NO/c1-4-6-7-9(10,5-2)8-11-3/h4-8,10H2,1-3H3. The fourth-order valence-corrected chi connectivity index (χ4v) is 1.17. The highest BCUT2D eigenvalue weighted by Gasteiger charge is 2.21. The lowest BCUT2D eigenvalue weighted by atomic mass is 9.92. The van der Waals surface area contributed by atoms with E-state index in [9.17, 15) is 0 Å². The summed E-state index contributed by atoms with van der Waals surface area (Å²) < 4.78 is 5.07. The molecule has 1 atom stereocenters. The van der Waals surface area contributed by atoms with Crippen molar-refractivity contribution in [3.05, 3.63) is 0 Å². The summed E-state index contributed by atoms with van der Waals surface area (Å²) in [6, 6.07) is 0. The number of rotatable bonds is 6. The van der Waals surface area contributed by atoms with Gasteiger partial charge in [-0.05, 0) is 12.8 Å². The Hall–Kier alpha value is -0.0800. The molecule has 0 aliphatic heterocycles. The molecule has 0 fully saturated rings. The van der Waals surface area contributed by atoms with Gasteiger partial charge in [0, 0.05) is 12.6 Å². The Bertz CT molecular complexity index is 95.6. The van der Waals surface area contributed by atoms with Crippen molar-refractivity contribution in [1.29, 1.82) is 0 Å². The van der Waals surface area contributed by atoms with Crippen molar-refractivity contribution in [2.24, 2.45) is 5.73 Å². The Kier molecular flexibility index (Phi) is 5.51. The Morgan fingerprint density at radius 3 is 2.36 bits per heavy atom. The van der Waals surface area contributed by atoms with Gasteiger partial charge in [-0.15, -0.1) is 0 Å². The lowest BCUT2D eigenvalue weighted by Gasteiger charge is -2.26. The molecule has 0 aliphatic carbocycles. The molecular formula is C9H21NO. The lowest BCUT2D eigenvalue weighted by molar-refractivity contribution is 0.122. The highest BCUT2D eigenvalue weighted by atomic mass is 16.5. The summed E-state index contributed by atoms with van der Waals surface area (Å²) in [4.78, 5) is 0. The highest BCUT2D eigenvalue weighted by Crippen LogP contribution is 2.15. The minimum atomic E-state index is -0.0786. The molecule has 0 bridgehead atoms. The van der Waals surface area contributed by atoms with E-state index in [0.29, 0.717) is 6.61 Å². The summed E-state index contributed by atoms with van der Waals surface area (Å²) in [5.41, 5.74) is 5.99. The molecule has 11 heavy (non-hydrogen) atoms. The summed E-state index contributed by atoms with van der Waals surface area (Å²) in [5, 5.41) is 0. The summed E-state index contributed by atoms with van der Waals surface area (Å²) >= 11 is 0. The predicted octanol–water partition coefficient (Wildman–Crippen LogP) is 1.93. The van der Waals surface area contributed by atoms with Crippen molar-refractivity contribution < 1.29 is 4.74 Å². The topological polar surface area (TPSA) is 35.2 Å². The molecule has 0 saturated carbocycles. The molecule has 2 nitrogen and oxygen atoms in total. The molecule has 0 aromatic carbocycles. The predicted molar refractivity (Wildman–Crippen MR) is 48.6 cm³/mol. The van der Waals surface area contributed by atoms with E-state index < -0.39 is 0 Å². The van der Waals surface area contributed by atoms with Gasteiger partial charge in [-0.25, -0.2) is 0 Å². The third-order valence-corrected chi connectivity index (χ3v) is 2.16. The Labute approximate surface area is 70.1 Å². The minimum absolute atomic E-state index is 0.0786. The van der Waals surface area contributed by atoms with Crippen LogP contribution in [0, 0.1) is 0 Å². The fourth-order valence-electron chi connectivity index (χ4n) is 1.17. The summed E-state index contributed by atoms with van der Waals surface area (Å²) in [5.74, 6) is 0. The van der Waals surface area contributed by atoms with Crippen LogP contribution >= 0.6 is 0 Å². The van der Waals surface area contributed by atoms with Gasteiger partial charge < -0.3 is 10.5 Å². The molecular weight excluding hydrogens is 138 g/mol. The smallest absolute Gasteiger partial charge is 0.0642 e. The summed E-state index contributed by atoms with van der Waals surface area (Å²) in [7, 11) is 1.71. The number of ether oxygens (including phenoxy) is 1. The number of methoxy groups -OCH3 is 1.